The fraction of sp³-hybridized carbons (Fsp3) is 0.667. The number of carbonyl (C=O) groups is 1. The number of morpholine rings is 1. The number of halogens is 3. The van der Waals surface area contributed by atoms with Crippen LogP contribution in [0.4, 0.5) is 13.2 Å². The van der Waals surface area contributed by atoms with Crippen molar-refractivity contribution < 1.29 is 44.3 Å². The molecule has 2 fully saturated rings. The maximum Gasteiger partial charge on any atom is 0.393 e. The van der Waals surface area contributed by atoms with Crippen molar-refractivity contribution in [2.45, 2.75) is 23.9 Å². The van der Waals surface area contributed by atoms with Crippen LogP contribution in [0.25, 0.3) is 0 Å². The SMILES string of the molecule is NC(OC=O)c1ccnc(S(=O)(=O)CC2CC(C(F)(F)F)CN(S(=O)(=O)N3CCOCC3)C2)c1. The van der Waals surface area contributed by atoms with Crippen molar-refractivity contribution in [3.05, 3.63) is 23.9 Å². The Kier molecular flexibility index (Phi) is 8.19. The molecule has 0 radical (unpaired) electrons. The second-order valence-corrected chi connectivity index (χ2v) is 11.9. The van der Waals surface area contributed by atoms with E-state index in [0.717, 1.165) is 16.6 Å². The van der Waals surface area contributed by atoms with Crippen LogP contribution in [0.2, 0.25) is 0 Å². The zero-order chi connectivity index (χ0) is 25.1. The molecule has 2 aliphatic heterocycles. The first-order chi connectivity index (χ1) is 15.8. The molecular formula is C18H25F3N4O7S2. The van der Waals surface area contributed by atoms with E-state index in [2.05, 4.69) is 9.72 Å². The minimum Gasteiger partial charge on any atom is -0.445 e. The third kappa shape index (κ3) is 6.23. The number of hydrogen-bond acceptors (Lipinski definition) is 9. The first kappa shape index (κ1) is 26.7. The predicted octanol–water partition coefficient (Wildman–Crippen LogP) is 0.0630. The maximum atomic E-state index is 13.6. The van der Waals surface area contributed by atoms with E-state index < -0.39 is 68.0 Å². The molecule has 1 aromatic heterocycles. The van der Waals surface area contributed by atoms with Gasteiger partial charge in [-0.15, -0.1) is 0 Å². The summed E-state index contributed by atoms with van der Waals surface area (Å²) in [5.41, 5.74) is 5.74. The van der Waals surface area contributed by atoms with Crippen LogP contribution in [0, 0.1) is 11.8 Å². The van der Waals surface area contributed by atoms with Gasteiger partial charge < -0.3 is 9.47 Å². The Morgan fingerprint density at radius 3 is 2.50 bits per heavy atom. The predicted molar refractivity (Wildman–Crippen MR) is 111 cm³/mol. The molecule has 1 aromatic rings. The van der Waals surface area contributed by atoms with Crippen molar-refractivity contribution >= 4 is 26.5 Å². The van der Waals surface area contributed by atoms with Crippen LogP contribution in [0.15, 0.2) is 23.4 Å². The molecule has 3 unspecified atom stereocenters. The van der Waals surface area contributed by atoms with E-state index in [1.165, 1.54) is 6.07 Å². The van der Waals surface area contributed by atoms with Crippen LogP contribution in [0.3, 0.4) is 0 Å². The summed E-state index contributed by atoms with van der Waals surface area (Å²) in [6, 6.07) is 2.39. The van der Waals surface area contributed by atoms with Crippen molar-refractivity contribution in [2.75, 3.05) is 45.1 Å². The molecule has 0 amide bonds. The lowest BCUT2D eigenvalue weighted by atomic mass is 9.91. The van der Waals surface area contributed by atoms with Gasteiger partial charge in [0, 0.05) is 37.9 Å². The number of alkyl halides is 3. The molecule has 0 aromatic carbocycles. The number of rotatable bonds is 8. The number of aromatic nitrogens is 1. The first-order valence-corrected chi connectivity index (χ1v) is 13.3. The van der Waals surface area contributed by atoms with Crippen molar-refractivity contribution in [2.24, 2.45) is 17.6 Å². The van der Waals surface area contributed by atoms with Gasteiger partial charge in [0.15, 0.2) is 21.1 Å². The van der Waals surface area contributed by atoms with E-state index in [9.17, 15) is 34.8 Å². The summed E-state index contributed by atoms with van der Waals surface area (Å²) < 4.78 is 104. The monoisotopic (exact) mass is 530 g/mol. The number of piperidine rings is 1. The van der Waals surface area contributed by atoms with Gasteiger partial charge in [-0.25, -0.2) is 13.4 Å². The van der Waals surface area contributed by atoms with Crippen LogP contribution < -0.4 is 5.73 Å². The molecule has 0 spiro atoms. The lowest BCUT2D eigenvalue weighted by molar-refractivity contribution is -0.186. The molecule has 2 N–H and O–H groups in total. The van der Waals surface area contributed by atoms with Crippen LogP contribution >= 0.6 is 0 Å². The van der Waals surface area contributed by atoms with Gasteiger partial charge in [0.2, 0.25) is 0 Å². The summed E-state index contributed by atoms with van der Waals surface area (Å²) in [4.78, 5) is 14.2. The highest BCUT2D eigenvalue weighted by atomic mass is 32.2. The number of nitrogens with two attached hydrogens (primary N) is 1. The highest BCUT2D eigenvalue weighted by molar-refractivity contribution is 7.91. The highest BCUT2D eigenvalue weighted by Gasteiger charge is 2.48. The van der Waals surface area contributed by atoms with Gasteiger partial charge in [-0.05, 0) is 24.5 Å². The molecule has 34 heavy (non-hydrogen) atoms. The summed E-state index contributed by atoms with van der Waals surface area (Å²) in [7, 11) is -8.47. The van der Waals surface area contributed by atoms with E-state index in [4.69, 9.17) is 10.5 Å². The van der Waals surface area contributed by atoms with Crippen LogP contribution in [0.5, 0.6) is 0 Å². The van der Waals surface area contributed by atoms with Crippen molar-refractivity contribution in [1.82, 2.24) is 13.6 Å². The third-order valence-corrected chi connectivity index (χ3v) is 9.39. The zero-order valence-electron chi connectivity index (χ0n) is 17.9. The molecule has 2 aliphatic rings. The maximum absolute atomic E-state index is 13.6. The lowest BCUT2D eigenvalue weighted by Crippen LogP contribution is -2.55. The highest BCUT2D eigenvalue weighted by Crippen LogP contribution is 2.37. The molecular weight excluding hydrogens is 505 g/mol. The fourth-order valence-electron chi connectivity index (χ4n) is 3.95. The van der Waals surface area contributed by atoms with Gasteiger partial charge in [0.05, 0.1) is 24.9 Å². The molecule has 2 saturated heterocycles. The topological polar surface area (TPSA) is 149 Å². The molecule has 0 bridgehead atoms. The minimum absolute atomic E-state index is 0.00168. The number of sulfone groups is 1. The van der Waals surface area contributed by atoms with Gasteiger partial charge in [-0.2, -0.15) is 30.2 Å². The summed E-state index contributed by atoms with van der Waals surface area (Å²) >= 11 is 0. The Labute approximate surface area is 195 Å². The number of pyridine rings is 1. The van der Waals surface area contributed by atoms with Gasteiger partial charge in [-0.3, -0.25) is 10.5 Å². The quantitative estimate of drug-likeness (QED) is 0.364. The first-order valence-electron chi connectivity index (χ1n) is 10.3. The molecule has 0 saturated carbocycles. The van der Waals surface area contributed by atoms with Gasteiger partial charge >= 0.3 is 6.18 Å². The van der Waals surface area contributed by atoms with E-state index in [1.54, 1.807) is 0 Å². The Morgan fingerprint density at radius 1 is 1.21 bits per heavy atom. The van der Waals surface area contributed by atoms with Gasteiger partial charge in [0.25, 0.3) is 16.7 Å². The second-order valence-electron chi connectivity index (χ2n) is 8.04. The normalized spacial score (nSPS) is 24.5. The zero-order valence-corrected chi connectivity index (χ0v) is 19.6. The number of ether oxygens (including phenoxy) is 2. The van der Waals surface area contributed by atoms with E-state index in [0.29, 0.717) is 4.31 Å². The number of nitrogens with zero attached hydrogens (tertiary/aromatic N) is 3. The van der Waals surface area contributed by atoms with Gasteiger partial charge in [0.1, 0.15) is 0 Å². The fourth-order valence-corrected chi connectivity index (χ4v) is 7.23. The smallest absolute Gasteiger partial charge is 0.393 e. The molecule has 11 nitrogen and oxygen atoms in total. The average Bonchev–Trinajstić information content (AvgIpc) is 2.79. The Morgan fingerprint density at radius 2 is 1.88 bits per heavy atom. The molecule has 0 aliphatic carbocycles. The van der Waals surface area contributed by atoms with Crippen molar-refractivity contribution in [3.63, 3.8) is 0 Å². The summed E-state index contributed by atoms with van der Waals surface area (Å²) in [5, 5.41) is -0.466. The van der Waals surface area contributed by atoms with Gasteiger partial charge in [-0.1, -0.05) is 0 Å². The second kappa shape index (κ2) is 10.4. The van der Waals surface area contributed by atoms with Crippen LogP contribution in [0.1, 0.15) is 18.2 Å². The van der Waals surface area contributed by atoms with E-state index in [1.807, 2.05) is 0 Å². The molecule has 3 rings (SSSR count). The third-order valence-electron chi connectivity index (χ3n) is 5.65. The molecule has 192 valence electrons. The molecule has 3 atom stereocenters. The minimum atomic E-state index is -4.71. The standard InChI is InChI=1S/C18H25F3N4O7S2/c19-18(20,21)15-7-13(9-25(10-15)34(29,30)24-3-5-31-6-4-24)11-33(27,28)16-8-14(1-2-23-16)17(22)32-12-26/h1-2,8,12-13,15,17H,3-7,9-11,22H2. The largest absolute Gasteiger partial charge is 0.445 e. The molecule has 3 heterocycles. The average molecular weight is 531 g/mol. The van der Waals surface area contributed by atoms with Crippen LogP contribution in [-0.2, 0) is 34.3 Å². The summed E-state index contributed by atoms with van der Waals surface area (Å²) in [5.74, 6) is -3.91. The number of hydrogen-bond donors (Lipinski definition) is 1. The summed E-state index contributed by atoms with van der Waals surface area (Å²) in [6.07, 6.45) is -5.40. The molecule has 16 heteroatoms. The Bertz CT molecular complexity index is 1080. The van der Waals surface area contributed by atoms with E-state index >= 15 is 0 Å². The van der Waals surface area contributed by atoms with E-state index in [-0.39, 0.29) is 44.9 Å². The lowest BCUT2D eigenvalue weighted by Gasteiger charge is -2.40. The number of carbonyl (C=O) groups excluding carboxylic acids is 1. The Hall–Kier alpha value is -1.85. The van der Waals surface area contributed by atoms with Crippen molar-refractivity contribution in [3.8, 4) is 0 Å². The summed E-state index contributed by atoms with van der Waals surface area (Å²) in [6.45, 7) is -0.861. The van der Waals surface area contributed by atoms with Crippen LogP contribution in [-0.4, -0.2) is 88.2 Å². The Balaban J connectivity index is 1.84. The van der Waals surface area contributed by atoms with Crippen molar-refractivity contribution in [1.29, 1.82) is 0 Å².